The van der Waals surface area contributed by atoms with Gasteiger partial charge in [-0.2, -0.15) is 0 Å². The maximum Gasteiger partial charge on any atom is 0.323 e. The summed E-state index contributed by atoms with van der Waals surface area (Å²) in [5.74, 6) is -1.24. The van der Waals surface area contributed by atoms with Gasteiger partial charge in [0, 0.05) is 24.7 Å². The normalized spacial score (nSPS) is 29.4. The van der Waals surface area contributed by atoms with Crippen molar-refractivity contribution in [1.29, 1.82) is 0 Å². The van der Waals surface area contributed by atoms with E-state index in [4.69, 9.17) is 9.84 Å². The topological polar surface area (TPSA) is 148 Å². The molecule has 0 aromatic heterocycles. The number of Topliss-reactive ketones (excluding diaryl/α,β-unsaturated/α-hetero) is 1. The maximum atomic E-state index is 12.3. The molecule has 26 heavy (non-hydrogen) atoms. The minimum Gasteiger partial charge on any atom is -0.394 e. The maximum absolute atomic E-state index is 12.3. The van der Waals surface area contributed by atoms with Crippen LogP contribution in [0.25, 0.3) is 0 Å². The van der Waals surface area contributed by atoms with Gasteiger partial charge in [0.1, 0.15) is 18.3 Å². The van der Waals surface area contributed by atoms with E-state index in [1.54, 1.807) is 0 Å². The molecule has 0 aromatic carbocycles. The van der Waals surface area contributed by atoms with Crippen LogP contribution in [-0.2, 0) is 14.3 Å². The number of aliphatic hydroxyl groups is 3. The Morgan fingerprint density at radius 1 is 1.31 bits per heavy atom. The van der Waals surface area contributed by atoms with Crippen LogP contribution in [0, 0.1) is 0 Å². The smallest absolute Gasteiger partial charge is 0.323 e. The molecule has 2 aliphatic rings. The lowest BCUT2D eigenvalue weighted by Gasteiger charge is -2.37. The van der Waals surface area contributed by atoms with Crippen LogP contribution < -0.4 is 10.6 Å². The van der Waals surface area contributed by atoms with Crippen molar-refractivity contribution in [1.82, 2.24) is 15.5 Å². The van der Waals surface area contributed by atoms with E-state index >= 15 is 0 Å². The molecule has 3 amide bonds. The lowest BCUT2D eigenvalue weighted by molar-refractivity contribution is -0.123. The van der Waals surface area contributed by atoms with E-state index in [9.17, 15) is 24.6 Å². The third kappa shape index (κ3) is 4.39. The van der Waals surface area contributed by atoms with Crippen molar-refractivity contribution in [2.75, 3.05) is 13.2 Å². The molecule has 10 heteroatoms. The largest absolute Gasteiger partial charge is 0.394 e. The average molecular weight is 371 g/mol. The highest BCUT2D eigenvalue weighted by Crippen LogP contribution is 2.21. The van der Waals surface area contributed by atoms with E-state index in [2.05, 4.69) is 5.32 Å². The Labute approximate surface area is 150 Å². The van der Waals surface area contributed by atoms with Gasteiger partial charge in [-0.15, -0.1) is 0 Å². The number of aliphatic hydroxyl groups excluding tert-OH is 3. The lowest BCUT2D eigenvalue weighted by atomic mass is 9.99. The third-order valence-electron chi connectivity index (χ3n) is 4.31. The zero-order valence-electron chi connectivity index (χ0n) is 14.9. The number of carbonyl (C=O) groups excluding carboxylic acids is 3. The first kappa shape index (κ1) is 20.3. The van der Waals surface area contributed by atoms with Crippen LogP contribution in [0.3, 0.4) is 0 Å². The van der Waals surface area contributed by atoms with Gasteiger partial charge in [-0.3, -0.25) is 14.9 Å². The summed E-state index contributed by atoms with van der Waals surface area (Å²) in [5, 5.41) is 32.6. The van der Waals surface area contributed by atoms with Gasteiger partial charge in [-0.05, 0) is 20.8 Å². The van der Waals surface area contributed by atoms with E-state index in [0.29, 0.717) is 6.54 Å². The number of urea groups is 1. The van der Waals surface area contributed by atoms with Gasteiger partial charge in [-0.25, -0.2) is 4.79 Å². The summed E-state index contributed by atoms with van der Waals surface area (Å²) in [6.45, 7) is 5.74. The molecule has 4 atom stereocenters. The fourth-order valence-electron chi connectivity index (χ4n) is 2.72. The Morgan fingerprint density at radius 2 is 1.96 bits per heavy atom. The summed E-state index contributed by atoms with van der Waals surface area (Å²) in [5.41, 5.74) is -0.423. The summed E-state index contributed by atoms with van der Waals surface area (Å²) in [4.78, 5) is 38.0. The molecule has 2 unspecified atom stereocenters. The van der Waals surface area contributed by atoms with Crippen LogP contribution in [-0.4, -0.2) is 81.2 Å². The Morgan fingerprint density at radius 3 is 2.50 bits per heavy atom. The van der Waals surface area contributed by atoms with Crippen molar-refractivity contribution in [3.8, 4) is 0 Å². The molecule has 2 rings (SSSR count). The summed E-state index contributed by atoms with van der Waals surface area (Å²) in [6, 6.07) is -0.994. The predicted octanol–water partition coefficient (Wildman–Crippen LogP) is -1.79. The van der Waals surface area contributed by atoms with Crippen LogP contribution in [0.4, 0.5) is 4.79 Å². The van der Waals surface area contributed by atoms with E-state index in [1.165, 1.54) is 6.20 Å². The molecule has 0 aliphatic carbocycles. The zero-order chi connectivity index (χ0) is 19.6. The Bertz CT molecular complexity index is 613. The second kappa shape index (κ2) is 7.70. The fourth-order valence-corrected chi connectivity index (χ4v) is 2.72. The average Bonchev–Trinajstić information content (AvgIpc) is 2.81. The van der Waals surface area contributed by atoms with Crippen molar-refractivity contribution in [2.45, 2.75) is 57.3 Å². The Hall–Kier alpha value is -2.01. The van der Waals surface area contributed by atoms with Crippen molar-refractivity contribution in [3.05, 3.63) is 11.8 Å². The molecule has 2 heterocycles. The van der Waals surface area contributed by atoms with Gasteiger partial charge < -0.3 is 30.3 Å². The number of hydrogen-bond acceptors (Lipinski definition) is 8. The Balaban J connectivity index is 1.99. The molecule has 2 aliphatic heterocycles. The highest BCUT2D eigenvalue weighted by Gasteiger charge is 2.43. The number of rotatable bonds is 3. The fraction of sp³-hybridized carbons (Fsp3) is 0.688. The highest BCUT2D eigenvalue weighted by molar-refractivity contribution is 6.22. The number of nitrogens with zero attached hydrogens (tertiary/aromatic N) is 1. The summed E-state index contributed by atoms with van der Waals surface area (Å²) in [7, 11) is 0. The quantitative estimate of drug-likeness (QED) is 0.365. The molecule has 0 bridgehead atoms. The zero-order valence-corrected chi connectivity index (χ0v) is 14.9. The molecule has 10 nitrogen and oxygen atoms in total. The van der Waals surface area contributed by atoms with Crippen LogP contribution in [0.2, 0.25) is 0 Å². The predicted molar refractivity (Wildman–Crippen MR) is 88.6 cm³/mol. The van der Waals surface area contributed by atoms with Crippen LogP contribution in [0.5, 0.6) is 0 Å². The van der Waals surface area contributed by atoms with E-state index < -0.39 is 43.1 Å². The second-order valence-corrected chi connectivity index (χ2v) is 7.27. The summed E-state index contributed by atoms with van der Waals surface area (Å²) in [6.07, 6.45) is -3.58. The number of imide groups is 1. The Kier molecular flexibility index (Phi) is 6.02. The number of carbonyl (C=O) groups is 3. The minimum absolute atomic E-state index is 0.137. The monoisotopic (exact) mass is 371 g/mol. The van der Waals surface area contributed by atoms with Gasteiger partial charge in [0.15, 0.2) is 12.0 Å². The van der Waals surface area contributed by atoms with E-state index in [-0.39, 0.29) is 23.3 Å². The molecule has 146 valence electrons. The number of hydrogen-bond donors (Lipinski definition) is 5. The molecule has 0 saturated carbocycles. The van der Waals surface area contributed by atoms with Gasteiger partial charge in [0.2, 0.25) is 0 Å². The van der Waals surface area contributed by atoms with Crippen LogP contribution >= 0.6 is 0 Å². The summed E-state index contributed by atoms with van der Waals surface area (Å²) < 4.78 is 5.09. The van der Waals surface area contributed by atoms with Gasteiger partial charge in [-0.1, -0.05) is 0 Å². The first-order valence-electron chi connectivity index (χ1n) is 8.30. The highest BCUT2D eigenvalue weighted by atomic mass is 16.6. The number of ketones is 1. The van der Waals surface area contributed by atoms with Gasteiger partial charge >= 0.3 is 6.03 Å². The molecule has 1 saturated heterocycles. The molecule has 0 radical (unpaired) electrons. The first-order chi connectivity index (χ1) is 12.0. The van der Waals surface area contributed by atoms with E-state index in [0.717, 1.165) is 0 Å². The van der Waals surface area contributed by atoms with Crippen LogP contribution in [0.15, 0.2) is 11.8 Å². The van der Waals surface area contributed by atoms with Crippen molar-refractivity contribution < 1.29 is 34.4 Å². The van der Waals surface area contributed by atoms with Gasteiger partial charge in [0.25, 0.3) is 5.91 Å². The molecular formula is C16H25N3O7. The van der Waals surface area contributed by atoms with Crippen molar-refractivity contribution in [2.24, 2.45) is 0 Å². The van der Waals surface area contributed by atoms with E-state index in [1.807, 2.05) is 31.0 Å². The molecular weight excluding hydrogens is 346 g/mol. The number of ether oxygens (including phenoxy) is 1. The molecule has 5 N–H and O–H groups in total. The molecule has 1 fully saturated rings. The van der Waals surface area contributed by atoms with Crippen LogP contribution in [0.1, 0.15) is 27.2 Å². The van der Waals surface area contributed by atoms with Gasteiger partial charge in [0.05, 0.1) is 12.2 Å². The second-order valence-electron chi connectivity index (χ2n) is 7.27. The molecule has 0 spiro atoms. The third-order valence-corrected chi connectivity index (χ3v) is 4.31. The number of nitrogens with one attached hydrogen (secondary N) is 2. The van der Waals surface area contributed by atoms with Crippen molar-refractivity contribution >= 4 is 17.7 Å². The minimum atomic E-state index is -1.46. The summed E-state index contributed by atoms with van der Waals surface area (Å²) >= 11 is 0. The van der Waals surface area contributed by atoms with Crippen molar-refractivity contribution in [3.63, 3.8) is 0 Å². The lowest BCUT2D eigenvalue weighted by Crippen LogP contribution is -2.50. The first-order valence-corrected chi connectivity index (χ1v) is 8.30. The molecule has 0 aromatic rings. The number of amides is 3. The standard InChI is InChI=1S/C16H25N3O7/c1-16(2,3)19-5-4-9(21)8(6-19)13(24)17-15(25)18-14-12(23)11(22)10(7-20)26-14/h6,10-12,14,20,22-23H,4-5,7H2,1-3H3,(H2,17,18,24,25)/t10-,11?,12?,14-/m1/s1. The SMILES string of the molecule is CC(C)(C)N1C=C(C(=O)NC(=O)N[C@@H]2O[C@H](CO)C(O)C2O)C(=O)CC1.